The topological polar surface area (TPSA) is 78.9 Å². The third-order valence-corrected chi connectivity index (χ3v) is 3.40. The highest BCUT2D eigenvalue weighted by Gasteiger charge is 2.32. The van der Waals surface area contributed by atoms with Gasteiger partial charge in [0.1, 0.15) is 16.9 Å². The van der Waals surface area contributed by atoms with Crippen molar-refractivity contribution in [1.29, 1.82) is 5.26 Å². The van der Waals surface area contributed by atoms with Gasteiger partial charge in [-0.15, -0.1) is 0 Å². The Hall–Kier alpha value is -1.83. The fourth-order valence-corrected chi connectivity index (χ4v) is 1.70. The van der Waals surface area contributed by atoms with E-state index >= 15 is 0 Å². The standard InChI is InChI=1S/C14H21N3O2/c1-6-7-11-12(10(4)17-19-11)13(18)16-14(5,8-15)9(2)3/h9H,6-7H2,1-5H3,(H,16,18). The van der Waals surface area contributed by atoms with Gasteiger partial charge in [0, 0.05) is 6.42 Å². The molecule has 19 heavy (non-hydrogen) atoms. The Labute approximate surface area is 114 Å². The lowest BCUT2D eigenvalue weighted by Gasteiger charge is -2.27. The fraction of sp³-hybridized carbons (Fsp3) is 0.643. The van der Waals surface area contributed by atoms with Gasteiger partial charge in [0.15, 0.2) is 0 Å². The maximum Gasteiger partial charge on any atom is 0.258 e. The average molecular weight is 263 g/mol. The number of hydrogen-bond donors (Lipinski definition) is 1. The van der Waals surface area contributed by atoms with E-state index in [2.05, 4.69) is 16.5 Å². The van der Waals surface area contributed by atoms with Gasteiger partial charge in [-0.2, -0.15) is 5.26 Å². The van der Waals surface area contributed by atoms with Crippen molar-refractivity contribution in [3.8, 4) is 6.07 Å². The molecule has 0 aromatic carbocycles. The molecule has 5 nitrogen and oxygen atoms in total. The number of nitrogens with one attached hydrogen (secondary N) is 1. The highest BCUT2D eigenvalue weighted by atomic mass is 16.5. The van der Waals surface area contributed by atoms with E-state index in [9.17, 15) is 10.1 Å². The Morgan fingerprint density at radius 3 is 2.68 bits per heavy atom. The van der Waals surface area contributed by atoms with Crippen LogP contribution in [0.15, 0.2) is 4.52 Å². The molecule has 0 radical (unpaired) electrons. The van der Waals surface area contributed by atoms with Crippen molar-refractivity contribution in [2.24, 2.45) is 5.92 Å². The molecule has 0 aliphatic carbocycles. The molecule has 0 aliphatic heterocycles. The number of aryl methyl sites for hydroxylation is 2. The van der Waals surface area contributed by atoms with Crippen LogP contribution in [0.25, 0.3) is 0 Å². The van der Waals surface area contributed by atoms with Crippen LogP contribution in [0.3, 0.4) is 0 Å². The van der Waals surface area contributed by atoms with E-state index in [4.69, 9.17) is 4.52 Å². The summed E-state index contributed by atoms with van der Waals surface area (Å²) in [5, 5.41) is 15.9. The first kappa shape index (κ1) is 15.2. The summed E-state index contributed by atoms with van der Waals surface area (Å²) in [5.74, 6) is 0.303. The van der Waals surface area contributed by atoms with Crippen LogP contribution < -0.4 is 5.32 Å². The molecule has 0 fully saturated rings. The van der Waals surface area contributed by atoms with Gasteiger partial charge in [0.05, 0.1) is 11.8 Å². The first-order valence-electron chi connectivity index (χ1n) is 6.54. The van der Waals surface area contributed by atoms with Crippen LogP contribution in [0.2, 0.25) is 0 Å². The second kappa shape index (κ2) is 5.87. The fourth-order valence-electron chi connectivity index (χ4n) is 1.70. The molecule has 0 saturated carbocycles. The van der Waals surface area contributed by atoms with Gasteiger partial charge in [-0.05, 0) is 26.2 Å². The van der Waals surface area contributed by atoms with E-state index in [-0.39, 0.29) is 11.8 Å². The monoisotopic (exact) mass is 263 g/mol. The zero-order chi connectivity index (χ0) is 14.6. The van der Waals surface area contributed by atoms with Gasteiger partial charge in [-0.3, -0.25) is 4.79 Å². The Morgan fingerprint density at radius 1 is 1.58 bits per heavy atom. The maximum absolute atomic E-state index is 12.3. The van der Waals surface area contributed by atoms with Crippen molar-refractivity contribution in [1.82, 2.24) is 10.5 Å². The summed E-state index contributed by atoms with van der Waals surface area (Å²) in [7, 11) is 0. The van der Waals surface area contributed by atoms with Gasteiger partial charge in [-0.1, -0.05) is 25.9 Å². The van der Waals surface area contributed by atoms with Gasteiger partial charge in [-0.25, -0.2) is 0 Å². The van der Waals surface area contributed by atoms with Crippen molar-refractivity contribution in [2.45, 2.75) is 53.0 Å². The SMILES string of the molecule is CCCc1onc(C)c1C(=O)NC(C)(C#N)C(C)C. The lowest BCUT2D eigenvalue weighted by molar-refractivity contribution is 0.0905. The summed E-state index contributed by atoms with van der Waals surface area (Å²) < 4.78 is 5.17. The van der Waals surface area contributed by atoms with E-state index in [0.717, 1.165) is 6.42 Å². The van der Waals surface area contributed by atoms with Gasteiger partial charge >= 0.3 is 0 Å². The van der Waals surface area contributed by atoms with Crippen LogP contribution >= 0.6 is 0 Å². The van der Waals surface area contributed by atoms with Crippen molar-refractivity contribution < 1.29 is 9.32 Å². The third-order valence-electron chi connectivity index (χ3n) is 3.40. The number of hydrogen-bond acceptors (Lipinski definition) is 4. The Bertz CT molecular complexity index is 499. The molecule has 0 spiro atoms. The number of nitrogens with zero attached hydrogens (tertiary/aromatic N) is 2. The molecule has 1 amide bonds. The van der Waals surface area contributed by atoms with Crippen molar-refractivity contribution in [3.05, 3.63) is 17.0 Å². The molecule has 1 N–H and O–H groups in total. The number of rotatable bonds is 5. The molecule has 1 aromatic rings. The second-order valence-electron chi connectivity index (χ2n) is 5.24. The molecule has 5 heteroatoms. The van der Waals surface area contributed by atoms with E-state index < -0.39 is 5.54 Å². The minimum Gasteiger partial charge on any atom is -0.360 e. The second-order valence-corrected chi connectivity index (χ2v) is 5.24. The summed E-state index contributed by atoms with van der Waals surface area (Å²) >= 11 is 0. The summed E-state index contributed by atoms with van der Waals surface area (Å²) in [6, 6.07) is 2.16. The maximum atomic E-state index is 12.3. The van der Waals surface area contributed by atoms with Crippen LogP contribution in [0.4, 0.5) is 0 Å². The molecule has 1 unspecified atom stereocenters. The van der Waals surface area contributed by atoms with Crippen LogP contribution in [0.5, 0.6) is 0 Å². The predicted molar refractivity (Wildman–Crippen MR) is 71.6 cm³/mol. The molecule has 1 rings (SSSR count). The average Bonchev–Trinajstić information content (AvgIpc) is 2.70. The highest BCUT2D eigenvalue weighted by Crippen LogP contribution is 2.20. The van der Waals surface area contributed by atoms with Gasteiger partial charge in [0.25, 0.3) is 5.91 Å². The van der Waals surface area contributed by atoms with Crippen molar-refractivity contribution in [2.75, 3.05) is 0 Å². The summed E-state index contributed by atoms with van der Waals surface area (Å²) in [6.45, 7) is 9.26. The van der Waals surface area contributed by atoms with Crippen molar-refractivity contribution >= 4 is 5.91 Å². The minimum atomic E-state index is -0.899. The predicted octanol–water partition coefficient (Wildman–Crippen LogP) is 2.60. The smallest absolute Gasteiger partial charge is 0.258 e. The molecule has 1 aromatic heterocycles. The summed E-state index contributed by atoms with van der Waals surface area (Å²) in [4.78, 5) is 12.3. The minimum absolute atomic E-state index is 0.0104. The first-order chi connectivity index (χ1) is 8.85. The Morgan fingerprint density at radius 2 is 2.21 bits per heavy atom. The molecular formula is C14H21N3O2. The number of carbonyl (C=O) groups excluding carboxylic acids is 1. The number of amides is 1. The molecule has 0 aliphatic rings. The molecule has 1 atom stereocenters. The van der Waals surface area contributed by atoms with Crippen LogP contribution in [0.1, 0.15) is 55.9 Å². The third kappa shape index (κ3) is 3.14. The molecule has 0 bridgehead atoms. The van der Waals surface area contributed by atoms with E-state index in [1.165, 1.54) is 0 Å². The number of carbonyl (C=O) groups is 1. The normalized spacial score (nSPS) is 13.9. The quantitative estimate of drug-likeness (QED) is 0.885. The molecule has 1 heterocycles. The van der Waals surface area contributed by atoms with E-state index in [1.54, 1.807) is 13.8 Å². The zero-order valence-electron chi connectivity index (χ0n) is 12.2. The molecular weight excluding hydrogens is 242 g/mol. The van der Waals surface area contributed by atoms with Crippen molar-refractivity contribution in [3.63, 3.8) is 0 Å². The molecule has 104 valence electrons. The lowest BCUT2D eigenvalue weighted by atomic mass is 9.89. The highest BCUT2D eigenvalue weighted by molar-refractivity contribution is 5.96. The lowest BCUT2D eigenvalue weighted by Crippen LogP contribution is -2.49. The van der Waals surface area contributed by atoms with E-state index in [0.29, 0.717) is 23.4 Å². The first-order valence-corrected chi connectivity index (χ1v) is 6.54. The summed E-state index contributed by atoms with van der Waals surface area (Å²) in [6.07, 6.45) is 1.53. The largest absolute Gasteiger partial charge is 0.360 e. The van der Waals surface area contributed by atoms with Gasteiger partial charge in [0.2, 0.25) is 0 Å². The van der Waals surface area contributed by atoms with Gasteiger partial charge < -0.3 is 9.84 Å². The molecule has 0 saturated heterocycles. The summed E-state index contributed by atoms with van der Waals surface area (Å²) in [5.41, 5.74) is 0.124. The Kier molecular flexibility index (Phi) is 4.71. The zero-order valence-corrected chi connectivity index (χ0v) is 12.2. The van der Waals surface area contributed by atoms with Crippen LogP contribution in [-0.2, 0) is 6.42 Å². The van der Waals surface area contributed by atoms with Crippen LogP contribution in [0, 0.1) is 24.2 Å². The van der Waals surface area contributed by atoms with E-state index in [1.807, 2.05) is 20.8 Å². The Balaban J connectivity index is 3.02. The van der Waals surface area contributed by atoms with Crippen LogP contribution in [-0.4, -0.2) is 16.6 Å². The number of nitriles is 1. The number of aromatic nitrogens is 1.